The summed E-state index contributed by atoms with van der Waals surface area (Å²) in [5.41, 5.74) is 5.83. The molecule has 72 valence electrons. The first-order valence-electron chi connectivity index (χ1n) is 4.72. The zero-order valence-corrected chi connectivity index (χ0v) is 8.16. The summed E-state index contributed by atoms with van der Waals surface area (Å²) in [5.74, 6) is 1.97. The van der Waals surface area contributed by atoms with Crippen LogP contribution in [0.3, 0.4) is 0 Å². The first-order chi connectivity index (χ1) is 6.15. The second-order valence-electron chi connectivity index (χ2n) is 4.19. The molecule has 0 amide bonds. The van der Waals surface area contributed by atoms with Crippen LogP contribution < -0.4 is 5.73 Å². The summed E-state index contributed by atoms with van der Waals surface area (Å²) < 4.78 is 5.31. The van der Waals surface area contributed by atoms with Crippen LogP contribution in [-0.4, -0.2) is 18.9 Å². The number of ether oxygens (including phenoxy) is 1. The van der Waals surface area contributed by atoms with E-state index < -0.39 is 0 Å². The van der Waals surface area contributed by atoms with E-state index in [0.717, 1.165) is 5.76 Å². The van der Waals surface area contributed by atoms with Crippen LogP contribution in [0.15, 0.2) is 17.0 Å². The van der Waals surface area contributed by atoms with E-state index in [9.17, 15) is 0 Å². The second kappa shape index (κ2) is 2.84. The molecule has 2 unspecified atom stereocenters. The van der Waals surface area contributed by atoms with Gasteiger partial charge in [-0.1, -0.05) is 0 Å². The Morgan fingerprint density at radius 1 is 1.62 bits per heavy atom. The Bertz CT molecular complexity index is 264. The van der Waals surface area contributed by atoms with E-state index in [1.807, 2.05) is 13.1 Å². The molecule has 0 aromatic rings. The number of nitrogens with zero attached hydrogens (tertiary/aromatic N) is 1. The number of hydrogen-bond donors (Lipinski definition) is 1. The quantitative estimate of drug-likeness (QED) is 0.696. The summed E-state index contributed by atoms with van der Waals surface area (Å²) in [7, 11) is 1.69. The molecular weight excluding hydrogens is 164 g/mol. The third-order valence-electron chi connectivity index (χ3n) is 2.86. The van der Waals surface area contributed by atoms with E-state index in [1.165, 1.54) is 12.8 Å². The van der Waals surface area contributed by atoms with Crippen molar-refractivity contribution in [3.05, 3.63) is 12.0 Å². The van der Waals surface area contributed by atoms with Gasteiger partial charge in [0.15, 0.2) is 0 Å². The molecule has 2 rings (SSSR count). The van der Waals surface area contributed by atoms with Gasteiger partial charge in [-0.2, -0.15) is 0 Å². The highest BCUT2D eigenvalue weighted by Crippen LogP contribution is 2.45. The van der Waals surface area contributed by atoms with Gasteiger partial charge in [0.2, 0.25) is 0 Å². The largest absolute Gasteiger partial charge is 0.499 e. The van der Waals surface area contributed by atoms with Crippen molar-refractivity contribution in [3.8, 4) is 0 Å². The molecule has 2 N–H and O–H groups in total. The minimum atomic E-state index is -0.332. The second-order valence-corrected chi connectivity index (χ2v) is 4.19. The van der Waals surface area contributed by atoms with Crippen LogP contribution in [0.4, 0.5) is 0 Å². The highest BCUT2D eigenvalue weighted by atomic mass is 16.5. The van der Waals surface area contributed by atoms with Crippen LogP contribution in [0.1, 0.15) is 19.8 Å². The third-order valence-corrected chi connectivity index (χ3v) is 2.86. The molecule has 0 aromatic carbocycles. The molecule has 0 aromatic heterocycles. The van der Waals surface area contributed by atoms with Crippen molar-refractivity contribution in [2.24, 2.45) is 22.6 Å². The highest BCUT2D eigenvalue weighted by molar-refractivity contribution is 5.72. The smallest absolute Gasteiger partial charge is 0.119 e. The molecule has 13 heavy (non-hydrogen) atoms. The topological polar surface area (TPSA) is 47.6 Å². The lowest BCUT2D eigenvalue weighted by atomic mass is 9.81. The fourth-order valence-electron chi connectivity index (χ4n) is 2.09. The standard InChI is InChI=1S/C10H16N2O/c1-10(11)6-12-5-8(13-2)9(10)7-3-4-7/h5-7,9H,3-4,11H2,1-2H3. The van der Waals surface area contributed by atoms with Gasteiger partial charge in [0.05, 0.1) is 18.8 Å². The Morgan fingerprint density at radius 3 is 2.85 bits per heavy atom. The van der Waals surface area contributed by atoms with Crippen molar-refractivity contribution in [1.82, 2.24) is 0 Å². The van der Waals surface area contributed by atoms with Crippen molar-refractivity contribution in [1.29, 1.82) is 0 Å². The molecule has 1 fully saturated rings. The molecule has 1 aliphatic heterocycles. The predicted molar refractivity (Wildman–Crippen MR) is 52.4 cm³/mol. The maximum atomic E-state index is 6.16. The van der Waals surface area contributed by atoms with E-state index in [0.29, 0.717) is 11.8 Å². The molecule has 2 aliphatic rings. The fraction of sp³-hybridized carbons (Fsp3) is 0.700. The van der Waals surface area contributed by atoms with Gasteiger partial charge in [0.1, 0.15) is 5.76 Å². The first kappa shape index (κ1) is 8.75. The van der Waals surface area contributed by atoms with Crippen molar-refractivity contribution in [2.75, 3.05) is 7.11 Å². The van der Waals surface area contributed by atoms with E-state index in [-0.39, 0.29) is 5.54 Å². The monoisotopic (exact) mass is 180 g/mol. The summed E-state index contributed by atoms with van der Waals surface area (Å²) in [5, 5.41) is 0. The van der Waals surface area contributed by atoms with Crippen molar-refractivity contribution in [2.45, 2.75) is 25.3 Å². The van der Waals surface area contributed by atoms with Crippen LogP contribution in [0.5, 0.6) is 0 Å². The average Bonchev–Trinajstić information content (AvgIpc) is 2.85. The Morgan fingerprint density at radius 2 is 2.31 bits per heavy atom. The summed E-state index contributed by atoms with van der Waals surface area (Å²) in [6.45, 7) is 2.02. The number of methoxy groups -OCH3 is 1. The third kappa shape index (κ3) is 1.48. The molecule has 0 bridgehead atoms. The lowest BCUT2D eigenvalue weighted by Gasteiger charge is -2.33. The minimum Gasteiger partial charge on any atom is -0.499 e. The molecular formula is C10H16N2O. The Kier molecular flexibility index (Phi) is 1.91. The molecule has 3 heteroatoms. The predicted octanol–water partition coefficient (Wildman–Crippen LogP) is 1.30. The van der Waals surface area contributed by atoms with Crippen LogP contribution in [0.25, 0.3) is 0 Å². The summed E-state index contributed by atoms with van der Waals surface area (Å²) in [4.78, 5) is 4.11. The number of rotatable bonds is 2. The van der Waals surface area contributed by atoms with Crippen molar-refractivity contribution in [3.63, 3.8) is 0 Å². The fourth-order valence-corrected chi connectivity index (χ4v) is 2.09. The summed E-state index contributed by atoms with van der Waals surface area (Å²) in [6.07, 6.45) is 6.16. The molecule has 1 heterocycles. The Hall–Kier alpha value is -0.830. The van der Waals surface area contributed by atoms with Gasteiger partial charge < -0.3 is 10.5 Å². The van der Waals surface area contributed by atoms with Crippen LogP contribution in [0, 0.1) is 11.8 Å². The summed E-state index contributed by atoms with van der Waals surface area (Å²) >= 11 is 0. The zero-order chi connectivity index (χ0) is 9.47. The Labute approximate surface area is 78.7 Å². The number of hydrogen-bond acceptors (Lipinski definition) is 3. The average molecular weight is 180 g/mol. The molecule has 2 atom stereocenters. The Balaban J connectivity index is 2.26. The van der Waals surface area contributed by atoms with Gasteiger partial charge in [-0.05, 0) is 25.7 Å². The first-order valence-corrected chi connectivity index (χ1v) is 4.72. The van der Waals surface area contributed by atoms with E-state index in [2.05, 4.69) is 4.99 Å². The SMILES string of the molecule is COC1=CN=CC(C)(N)C1C1CC1. The van der Waals surface area contributed by atoms with Gasteiger partial charge in [0.25, 0.3) is 0 Å². The molecule has 1 aliphatic carbocycles. The molecule has 0 spiro atoms. The van der Waals surface area contributed by atoms with Crippen LogP contribution >= 0.6 is 0 Å². The summed E-state index contributed by atoms with van der Waals surface area (Å²) in [6, 6.07) is 0. The van der Waals surface area contributed by atoms with E-state index in [4.69, 9.17) is 10.5 Å². The van der Waals surface area contributed by atoms with Gasteiger partial charge in [0, 0.05) is 12.1 Å². The van der Waals surface area contributed by atoms with Crippen LogP contribution in [-0.2, 0) is 4.74 Å². The highest BCUT2D eigenvalue weighted by Gasteiger charge is 2.45. The maximum absolute atomic E-state index is 6.16. The molecule has 1 saturated carbocycles. The maximum Gasteiger partial charge on any atom is 0.119 e. The van der Waals surface area contributed by atoms with Crippen molar-refractivity contribution >= 4 is 6.21 Å². The van der Waals surface area contributed by atoms with Gasteiger partial charge in [-0.25, -0.2) is 0 Å². The number of nitrogens with two attached hydrogens (primary N) is 1. The van der Waals surface area contributed by atoms with E-state index in [1.54, 1.807) is 13.3 Å². The van der Waals surface area contributed by atoms with Gasteiger partial charge in [-0.15, -0.1) is 0 Å². The lowest BCUT2D eigenvalue weighted by molar-refractivity contribution is 0.198. The normalized spacial score (nSPS) is 38.7. The molecule has 0 saturated heterocycles. The van der Waals surface area contributed by atoms with Crippen LogP contribution in [0.2, 0.25) is 0 Å². The van der Waals surface area contributed by atoms with E-state index >= 15 is 0 Å². The molecule has 0 radical (unpaired) electrons. The van der Waals surface area contributed by atoms with Crippen molar-refractivity contribution < 1.29 is 4.74 Å². The van der Waals surface area contributed by atoms with Gasteiger partial charge in [-0.3, -0.25) is 4.99 Å². The zero-order valence-electron chi connectivity index (χ0n) is 8.16. The van der Waals surface area contributed by atoms with Gasteiger partial charge >= 0.3 is 0 Å². The lowest BCUT2D eigenvalue weighted by Crippen LogP contribution is -2.49. The number of aliphatic imine (C=N–C) groups is 1. The molecule has 3 nitrogen and oxygen atoms in total. The minimum absolute atomic E-state index is 0.329.